The number of fused-ring (bicyclic) bond motifs is 1. The average molecular weight is 228 g/mol. The van der Waals surface area contributed by atoms with Gasteiger partial charge in [0.2, 0.25) is 0 Å². The second-order valence-electron chi connectivity index (χ2n) is 5.10. The molecule has 0 bridgehead atoms. The minimum absolute atomic E-state index is 0.140. The van der Waals surface area contributed by atoms with Gasteiger partial charge < -0.3 is 10.0 Å². The van der Waals surface area contributed by atoms with Gasteiger partial charge in [0.05, 0.1) is 17.4 Å². The number of aliphatic hydroxyl groups is 1. The normalized spacial score (nSPS) is 31.3. The summed E-state index contributed by atoms with van der Waals surface area (Å²) in [6, 6.07) is 9.98. The number of aliphatic hydroxyl groups excluding tert-OH is 1. The van der Waals surface area contributed by atoms with Crippen molar-refractivity contribution in [2.45, 2.75) is 18.9 Å². The highest BCUT2D eigenvalue weighted by Gasteiger charge is 2.42. The molecule has 3 unspecified atom stereocenters. The molecule has 1 aliphatic carbocycles. The van der Waals surface area contributed by atoms with Gasteiger partial charge >= 0.3 is 0 Å². The fourth-order valence-electron chi connectivity index (χ4n) is 3.28. The van der Waals surface area contributed by atoms with E-state index in [-0.39, 0.29) is 6.10 Å². The van der Waals surface area contributed by atoms with Crippen LogP contribution in [0.1, 0.15) is 18.4 Å². The van der Waals surface area contributed by atoms with Crippen molar-refractivity contribution in [2.24, 2.45) is 11.8 Å². The monoisotopic (exact) mass is 228 g/mol. The van der Waals surface area contributed by atoms with E-state index in [0.717, 1.165) is 37.2 Å². The zero-order valence-electron chi connectivity index (χ0n) is 9.71. The molecule has 1 N–H and O–H groups in total. The molecule has 2 fully saturated rings. The van der Waals surface area contributed by atoms with Gasteiger partial charge in [0.1, 0.15) is 6.07 Å². The first-order chi connectivity index (χ1) is 8.29. The van der Waals surface area contributed by atoms with E-state index in [1.165, 1.54) is 0 Å². The van der Waals surface area contributed by atoms with Crippen LogP contribution in [0.25, 0.3) is 0 Å². The van der Waals surface area contributed by atoms with Gasteiger partial charge in [-0.2, -0.15) is 5.26 Å². The minimum Gasteiger partial charge on any atom is -0.393 e. The maximum atomic E-state index is 9.90. The lowest BCUT2D eigenvalue weighted by Gasteiger charge is -2.21. The first kappa shape index (κ1) is 10.6. The lowest BCUT2D eigenvalue weighted by molar-refractivity contribution is 0.133. The Hall–Kier alpha value is -1.53. The van der Waals surface area contributed by atoms with Crippen LogP contribution in [0.15, 0.2) is 24.3 Å². The Morgan fingerprint density at radius 2 is 2.06 bits per heavy atom. The minimum atomic E-state index is -0.140. The molecule has 3 heteroatoms. The van der Waals surface area contributed by atoms with Crippen LogP contribution in [0.4, 0.5) is 5.69 Å². The Morgan fingerprint density at radius 1 is 1.24 bits per heavy atom. The lowest BCUT2D eigenvalue weighted by Crippen LogP contribution is -2.24. The number of para-hydroxylation sites is 1. The zero-order valence-corrected chi connectivity index (χ0v) is 9.71. The van der Waals surface area contributed by atoms with Crippen molar-refractivity contribution in [1.82, 2.24) is 0 Å². The van der Waals surface area contributed by atoms with Crippen LogP contribution in [0.2, 0.25) is 0 Å². The van der Waals surface area contributed by atoms with E-state index in [2.05, 4.69) is 11.0 Å². The van der Waals surface area contributed by atoms with Crippen molar-refractivity contribution in [1.29, 1.82) is 5.26 Å². The molecule has 1 heterocycles. The van der Waals surface area contributed by atoms with Crippen LogP contribution in [-0.4, -0.2) is 24.3 Å². The number of anilines is 1. The molecule has 0 amide bonds. The van der Waals surface area contributed by atoms with E-state index in [1.807, 2.05) is 24.3 Å². The summed E-state index contributed by atoms with van der Waals surface area (Å²) in [5.74, 6) is 1.01. The molecule has 2 aliphatic rings. The van der Waals surface area contributed by atoms with E-state index in [9.17, 15) is 5.11 Å². The third-order valence-corrected chi connectivity index (χ3v) is 4.18. The number of rotatable bonds is 1. The largest absolute Gasteiger partial charge is 0.393 e. The van der Waals surface area contributed by atoms with E-state index in [0.29, 0.717) is 11.8 Å². The topological polar surface area (TPSA) is 47.3 Å². The highest BCUT2D eigenvalue weighted by Crippen LogP contribution is 2.40. The molecule has 0 aromatic heterocycles. The van der Waals surface area contributed by atoms with E-state index < -0.39 is 0 Å². The molecule has 88 valence electrons. The van der Waals surface area contributed by atoms with Crippen LogP contribution < -0.4 is 4.90 Å². The molecule has 0 radical (unpaired) electrons. The third kappa shape index (κ3) is 1.69. The van der Waals surface area contributed by atoms with Crippen molar-refractivity contribution >= 4 is 5.69 Å². The summed E-state index contributed by atoms with van der Waals surface area (Å²) in [7, 11) is 0. The molecule has 3 rings (SSSR count). The van der Waals surface area contributed by atoms with Gasteiger partial charge in [0.15, 0.2) is 0 Å². The summed E-state index contributed by atoms with van der Waals surface area (Å²) in [5, 5.41) is 19.0. The van der Waals surface area contributed by atoms with Gasteiger partial charge in [-0.3, -0.25) is 0 Å². The second kappa shape index (κ2) is 4.05. The van der Waals surface area contributed by atoms with Gasteiger partial charge in [-0.05, 0) is 30.9 Å². The third-order valence-electron chi connectivity index (χ3n) is 4.18. The summed E-state index contributed by atoms with van der Waals surface area (Å²) in [6.07, 6.45) is 1.93. The van der Waals surface area contributed by atoms with Crippen LogP contribution in [0.5, 0.6) is 0 Å². The van der Waals surface area contributed by atoms with Crippen LogP contribution >= 0.6 is 0 Å². The fraction of sp³-hybridized carbons (Fsp3) is 0.500. The highest BCUT2D eigenvalue weighted by molar-refractivity contribution is 5.60. The average Bonchev–Trinajstić information content (AvgIpc) is 2.92. The van der Waals surface area contributed by atoms with Crippen LogP contribution in [0.3, 0.4) is 0 Å². The predicted octanol–water partition coefficient (Wildman–Crippen LogP) is 1.77. The number of hydrogen-bond donors (Lipinski definition) is 1. The summed E-state index contributed by atoms with van der Waals surface area (Å²) >= 11 is 0. The molecular formula is C14H16N2O. The van der Waals surface area contributed by atoms with Gasteiger partial charge in [-0.15, -0.1) is 0 Å². The van der Waals surface area contributed by atoms with Gasteiger partial charge in [0.25, 0.3) is 0 Å². The molecule has 1 saturated heterocycles. The van der Waals surface area contributed by atoms with E-state index in [4.69, 9.17) is 5.26 Å². The number of benzene rings is 1. The Labute approximate surface area is 101 Å². The summed E-state index contributed by atoms with van der Waals surface area (Å²) < 4.78 is 0. The maximum absolute atomic E-state index is 9.90. The number of nitrogens with zero attached hydrogens (tertiary/aromatic N) is 2. The lowest BCUT2D eigenvalue weighted by atomic mass is 10.00. The first-order valence-corrected chi connectivity index (χ1v) is 6.21. The first-order valence-electron chi connectivity index (χ1n) is 6.21. The summed E-state index contributed by atoms with van der Waals surface area (Å²) in [5.41, 5.74) is 1.76. The molecule has 1 aromatic rings. The second-order valence-corrected chi connectivity index (χ2v) is 5.10. The molecule has 17 heavy (non-hydrogen) atoms. The molecule has 1 saturated carbocycles. The summed E-state index contributed by atoms with van der Waals surface area (Å²) in [4.78, 5) is 2.26. The molecule has 1 aliphatic heterocycles. The predicted molar refractivity (Wildman–Crippen MR) is 65.6 cm³/mol. The Kier molecular flexibility index (Phi) is 2.53. The van der Waals surface area contributed by atoms with E-state index in [1.54, 1.807) is 0 Å². The smallest absolute Gasteiger partial charge is 0.101 e. The number of nitriles is 1. The Bertz CT molecular complexity index is 466. The van der Waals surface area contributed by atoms with Crippen LogP contribution in [-0.2, 0) is 0 Å². The molecular weight excluding hydrogens is 212 g/mol. The Balaban J connectivity index is 1.86. The molecule has 3 atom stereocenters. The van der Waals surface area contributed by atoms with Crippen molar-refractivity contribution in [3.63, 3.8) is 0 Å². The zero-order chi connectivity index (χ0) is 11.8. The van der Waals surface area contributed by atoms with E-state index >= 15 is 0 Å². The van der Waals surface area contributed by atoms with Crippen molar-refractivity contribution in [3.8, 4) is 6.07 Å². The maximum Gasteiger partial charge on any atom is 0.101 e. The SMILES string of the molecule is N#Cc1ccccc1N1CC2CCC(O)C2C1. The van der Waals surface area contributed by atoms with Crippen molar-refractivity contribution in [2.75, 3.05) is 18.0 Å². The Morgan fingerprint density at radius 3 is 2.82 bits per heavy atom. The molecule has 0 spiro atoms. The fourth-order valence-corrected chi connectivity index (χ4v) is 3.28. The van der Waals surface area contributed by atoms with Crippen LogP contribution in [0, 0.1) is 23.2 Å². The number of hydrogen-bond acceptors (Lipinski definition) is 3. The standard InChI is InChI=1S/C14H16N2O/c15-7-10-3-1-2-4-13(10)16-8-11-5-6-14(17)12(11)9-16/h1-4,11-12,14,17H,5-6,8-9H2. The van der Waals surface area contributed by atoms with Gasteiger partial charge in [-0.1, -0.05) is 12.1 Å². The van der Waals surface area contributed by atoms with Crippen molar-refractivity contribution < 1.29 is 5.11 Å². The molecule has 1 aromatic carbocycles. The van der Waals surface area contributed by atoms with Crippen molar-refractivity contribution in [3.05, 3.63) is 29.8 Å². The van der Waals surface area contributed by atoms with Gasteiger partial charge in [0, 0.05) is 19.0 Å². The van der Waals surface area contributed by atoms with Gasteiger partial charge in [-0.25, -0.2) is 0 Å². The highest BCUT2D eigenvalue weighted by atomic mass is 16.3. The molecule has 3 nitrogen and oxygen atoms in total. The quantitative estimate of drug-likeness (QED) is 0.796. The summed E-state index contributed by atoms with van der Waals surface area (Å²) in [6.45, 7) is 1.88.